The molecule has 1 rings (SSSR count). The minimum atomic E-state index is 0.109. The third-order valence-corrected chi connectivity index (χ3v) is 3.51. The van der Waals surface area contributed by atoms with E-state index >= 15 is 0 Å². The molecule has 1 N–H and O–H groups in total. The molecule has 108 valence electrons. The number of benzene rings is 1. The Labute approximate surface area is 121 Å². The molecule has 0 spiro atoms. The van der Waals surface area contributed by atoms with E-state index in [9.17, 15) is 0 Å². The largest absolute Gasteiger partial charge is 0.493 e. The van der Waals surface area contributed by atoms with Gasteiger partial charge in [0.15, 0.2) is 11.5 Å². The van der Waals surface area contributed by atoms with Gasteiger partial charge in [0.05, 0.1) is 18.7 Å². The van der Waals surface area contributed by atoms with Gasteiger partial charge >= 0.3 is 0 Å². The average Bonchev–Trinajstić information content (AvgIpc) is 2.39. The Morgan fingerprint density at radius 1 is 1.26 bits per heavy atom. The molecule has 0 bridgehead atoms. The number of methoxy groups -OCH3 is 1. The fraction of sp³-hybridized carbons (Fsp3) is 0.600. The van der Waals surface area contributed by atoms with Crippen LogP contribution in [0.5, 0.6) is 11.5 Å². The summed E-state index contributed by atoms with van der Waals surface area (Å²) in [7, 11) is 1.63. The third kappa shape index (κ3) is 4.59. The highest BCUT2D eigenvalue weighted by Crippen LogP contribution is 2.36. The fourth-order valence-corrected chi connectivity index (χ4v) is 1.91. The Kier molecular flexibility index (Phi) is 5.95. The lowest BCUT2D eigenvalue weighted by Gasteiger charge is -2.25. The van der Waals surface area contributed by atoms with Crippen LogP contribution in [0, 0.1) is 0 Å². The zero-order valence-electron chi connectivity index (χ0n) is 12.5. The molecular formula is C15H24ClNO2. The molecule has 0 amide bonds. The molecule has 19 heavy (non-hydrogen) atoms. The van der Waals surface area contributed by atoms with Gasteiger partial charge in [-0.2, -0.15) is 0 Å². The number of hydrogen-bond donors (Lipinski definition) is 1. The maximum absolute atomic E-state index is 6.24. The van der Waals surface area contributed by atoms with Crippen molar-refractivity contribution in [2.75, 3.05) is 13.7 Å². The van der Waals surface area contributed by atoms with Crippen LogP contribution >= 0.6 is 11.6 Å². The van der Waals surface area contributed by atoms with Crippen molar-refractivity contribution in [3.8, 4) is 11.5 Å². The van der Waals surface area contributed by atoms with Crippen molar-refractivity contribution in [2.45, 2.75) is 46.2 Å². The van der Waals surface area contributed by atoms with E-state index in [1.807, 2.05) is 19.1 Å². The second-order valence-corrected chi connectivity index (χ2v) is 5.54. The average molecular weight is 286 g/mol. The Hall–Kier alpha value is -0.930. The topological polar surface area (TPSA) is 30.5 Å². The summed E-state index contributed by atoms with van der Waals surface area (Å²) in [4.78, 5) is 0. The normalized spacial score (nSPS) is 11.5. The molecule has 1 aromatic carbocycles. The summed E-state index contributed by atoms with van der Waals surface area (Å²) in [5.74, 6) is 1.30. The molecule has 0 aromatic heterocycles. The summed E-state index contributed by atoms with van der Waals surface area (Å²) >= 11 is 6.24. The van der Waals surface area contributed by atoms with Gasteiger partial charge in [0, 0.05) is 12.1 Å². The Bertz CT molecular complexity index is 419. The molecule has 0 heterocycles. The highest BCUT2D eigenvalue weighted by atomic mass is 35.5. The molecule has 0 atom stereocenters. The highest BCUT2D eigenvalue weighted by Gasteiger charge is 2.16. The van der Waals surface area contributed by atoms with E-state index in [1.54, 1.807) is 7.11 Å². The van der Waals surface area contributed by atoms with Gasteiger partial charge in [0.25, 0.3) is 0 Å². The van der Waals surface area contributed by atoms with Crippen molar-refractivity contribution in [1.82, 2.24) is 5.32 Å². The number of ether oxygens (including phenoxy) is 2. The van der Waals surface area contributed by atoms with E-state index < -0.39 is 0 Å². The second-order valence-electron chi connectivity index (χ2n) is 5.13. The molecule has 0 saturated carbocycles. The molecule has 0 radical (unpaired) electrons. The van der Waals surface area contributed by atoms with Crippen molar-refractivity contribution >= 4 is 11.6 Å². The van der Waals surface area contributed by atoms with E-state index in [4.69, 9.17) is 21.1 Å². The molecule has 3 nitrogen and oxygen atoms in total. The summed E-state index contributed by atoms with van der Waals surface area (Å²) in [6, 6.07) is 3.89. The van der Waals surface area contributed by atoms with Crippen LogP contribution in [0.25, 0.3) is 0 Å². The highest BCUT2D eigenvalue weighted by molar-refractivity contribution is 6.32. The van der Waals surface area contributed by atoms with Crippen molar-refractivity contribution in [3.05, 3.63) is 22.7 Å². The predicted octanol–water partition coefficient (Wildman–Crippen LogP) is 4.03. The second kappa shape index (κ2) is 7.01. The number of nitrogens with one attached hydrogen (secondary N) is 1. The predicted molar refractivity (Wildman–Crippen MR) is 80.4 cm³/mol. The SMILES string of the molecule is CCOc1c(Cl)cc(CNC(C)(C)CC)cc1OC. The smallest absolute Gasteiger partial charge is 0.179 e. The minimum Gasteiger partial charge on any atom is -0.493 e. The van der Waals surface area contributed by atoms with Crippen LogP contribution in [-0.2, 0) is 6.54 Å². The van der Waals surface area contributed by atoms with Crippen molar-refractivity contribution in [3.63, 3.8) is 0 Å². The standard InChI is InChI=1S/C15H24ClNO2/c1-6-15(3,4)17-10-11-8-12(16)14(19-7-2)13(9-11)18-5/h8-9,17H,6-7,10H2,1-5H3. The first-order chi connectivity index (χ1) is 8.93. The lowest BCUT2D eigenvalue weighted by Crippen LogP contribution is -2.37. The van der Waals surface area contributed by atoms with E-state index in [0.29, 0.717) is 23.1 Å². The first-order valence-electron chi connectivity index (χ1n) is 6.67. The van der Waals surface area contributed by atoms with Gasteiger partial charge in [-0.3, -0.25) is 0 Å². The van der Waals surface area contributed by atoms with E-state index in [1.165, 1.54) is 0 Å². The minimum absolute atomic E-state index is 0.109. The lowest BCUT2D eigenvalue weighted by atomic mass is 10.0. The van der Waals surface area contributed by atoms with Crippen molar-refractivity contribution in [1.29, 1.82) is 0 Å². The quantitative estimate of drug-likeness (QED) is 0.820. The van der Waals surface area contributed by atoms with Crippen LogP contribution in [0.3, 0.4) is 0 Å². The molecule has 0 aliphatic rings. The molecule has 4 heteroatoms. The summed E-state index contributed by atoms with van der Waals surface area (Å²) < 4.78 is 10.8. The lowest BCUT2D eigenvalue weighted by molar-refractivity contribution is 0.310. The maximum Gasteiger partial charge on any atom is 0.179 e. The summed E-state index contributed by atoms with van der Waals surface area (Å²) in [6.07, 6.45) is 1.06. The van der Waals surface area contributed by atoms with Crippen molar-refractivity contribution in [2.24, 2.45) is 0 Å². The van der Waals surface area contributed by atoms with E-state index in [2.05, 4.69) is 26.1 Å². The van der Waals surface area contributed by atoms with Crippen LogP contribution < -0.4 is 14.8 Å². The van der Waals surface area contributed by atoms with Gasteiger partial charge < -0.3 is 14.8 Å². The summed E-state index contributed by atoms with van der Waals surface area (Å²) in [6.45, 7) is 9.77. The van der Waals surface area contributed by atoms with Gasteiger partial charge in [0.2, 0.25) is 0 Å². The molecule has 0 fully saturated rings. The molecule has 0 saturated heterocycles. The van der Waals surface area contributed by atoms with Crippen LogP contribution in [0.15, 0.2) is 12.1 Å². The molecule has 0 unspecified atom stereocenters. The molecular weight excluding hydrogens is 262 g/mol. The van der Waals surface area contributed by atoms with Gasteiger partial charge in [-0.25, -0.2) is 0 Å². The Morgan fingerprint density at radius 2 is 1.95 bits per heavy atom. The molecule has 0 aliphatic heterocycles. The van der Waals surface area contributed by atoms with Crippen LogP contribution in [-0.4, -0.2) is 19.3 Å². The Morgan fingerprint density at radius 3 is 2.47 bits per heavy atom. The number of hydrogen-bond acceptors (Lipinski definition) is 3. The first kappa shape index (κ1) is 16.1. The summed E-state index contributed by atoms with van der Waals surface area (Å²) in [5.41, 5.74) is 1.20. The van der Waals surface area contributed by atoms with Gasteiger partial charge in [0.1, 0.15) is 0 Å². The van der Waals surface area contributed by atoms with Gasteiger partial charge in [-0.15, -0.1) is 0 Å². The maximum atomic E-state index is 6.24. The van der Waals surface area contributed by atoms with Crippen molar-refractivity contribution < 1.29 is 9.47 Å². The van der Waals surface area contributed by atoms with Gasteiger partial charge in [-0.05, 0) is 44.9 Å². The number of rotatable bonds is 7. The van der Waals surface area contributed by atoms with E-state index in [-0.39, 0.29) is 5.54 Å². The fourth-order valence-electron chi connectivity index (χ4n) is 1.63. The van der Waals surface area contributed by atoms with Crippen LogP contribution in [0.2, 0.25) is 5.02 Å². The monoisotopic (exact) mass is 285 g/mol. The van der Waals surface area contributed by atoms with Crippen LogP contribution in [0.4, 0.5) is 0 Å². The Balaban J connectivity index is 2.89. The molecule has 1 aromatic rings. The number of halogens is 1. The van der Waals surface area contributed by atoms with Gasteiger partial charge in [-0.1, -0.05) is 18.5 Å². The van der Waals surface area contributed by atoms with Crippen LogP contribution in [0.1, 0.15) is 39.7 Å². The molecule has 0 aliphatic carbocycles. The zero-order chi connectivity index (χ0) is 14.5. The summed E-state index contributed by atoms with van der Waals surface area (Å²) in [5, 5.41) is 4.09. The zero-order valence-corrected chi connectivity index (χ0v) is 13.2. The first-order valence-corrected chi connectivity index (χ1v) is 7.05. The van der Waals surface area contributed by atoms with E-state index in [0.717, 1.165) is 18.5 Å². The third-order valence-electron chi connectivity index (χ3n) is 3.23.